The van der Waals surface area contributed by atoms with Gasteiger partial charge in [-0.15, -0.1) is 0 Å². The maximum Gasteiger partial charge on any atom is 0.343 e. The molecule has 16 heteroatoms. The molecule has 0 saturated heterocycles. The predicted molar refractivity (Wildman–Crippen MR) is 180 cm³/mol. The van der Waals surface area contributed by atoms with Crippen molar-refractivity contribution in [2.75, 3.05) is 25.0 Å². The summed E-state index contributed by atoms with van der Waals surface area (Å²) >= 11 is 0. The highest BCUT2D eigenvalue weighted by atomic mass is 19.1. The van der Waals surface area contributed by atoms with E-state index in [1.54, 1.807) is 49.4 Å². The maximum absolute atomic E-state index is 15.3. The zero-order valence-corrected chi connectivity index (χ0v) is 27.4. The number of nitrogens with zero attached hydrogens (tertiary/aromatic N) is 2. The number of hydrogen-bond acceptors (Lipinski definition) is 10. The van der Waals surface area contributed by atoms with E-state index in [1.165, 1.54) is 10.6 Å². The van der Waals surface area contributed by atoms with Crippen LogP contribution in [0.15, 0.2) is 59.4 Å². The monoisotopic (exact) mass is 699 g/mol. The van der Waals surface area contributed by atoms with Crippen molar-refractivity contribution < 1.29 is 38.2 Å². The van der Waals surface area contributed by atoms with Gasteiger partial charge in [0.05, 0.1) is 54.3 Å². The first-order valence-corrected chi connectivity index (χ1v) is 16.1. The Morgan fingerprint density at radius 2 is 1.78 bits per heavy atom. The van der Waals surface area contributed by atoms with E-state index in [4.69, 9.17) is 10.5 Å². The van der Waals surface area contributed by atoms with Crippen LogP contribution in [-0.4, -0.2) is 69.9 Å². The second-order valence-electron chi connectivity index (χ2n) is 12.2. The first-order valence-electron chi connectivity index (χ1n) is 16.1. The summed E-state index contributed by atoms with van der Waals surface area (Å²) in [7, 11) is 0. The number of nitrogens with one attached hydrogen (secondary N) is 4. The van der Waals surface area contributed by atoms with Crippen LogP contribution in [0.25, 0.3) is 22.3 Å². The van der Waals surface area contributed by atoms with Crippen molar-refractivity contribution in [1.82, 2.24) is 25.5 Å². The number of carbonyl (C=O) groups is 5. The Kier molecular flexibility index (Phi) is 9.62. The van der Waals surface area contributed by atoms with Gasteiger partial charge in [0.15, 0.2) is 5.60 Å². The summed E-state index contributed by atoms with van der Waals surface area (Å²) in [6.45, 7) is 0.193. The predicted octanol–water partition coefficient (Wildman–Crippen LogP) is 0.0758. The Bertz CT molecular complexity index is 2160. The molecule has 4 aromatic rings. The molecule has 6 rings (SSSR count). The number of benzene rings is 2. The molecule has 0 radical (unpaired) electrons. The van der Waals surface area contributed by atoms with Crippen LogP contribution in [0.2, 0.25) is 0 Å². The minimum atomic E-state index is -1.99. The van der Waals surface area contributed by atoms with Gasteiger partial charge in [0.2, 0.25) is 23.6 Å². The third-order valence-corrected chi connectivity index (χ3v) is 8.86. The Morgan fingerprint density at radius 1 is 1.04 bits per heavy atom. The van der Waals surface area contributed by atoms with Gasteiger partial charge < -0.3 is 41.4 Å². The van der Waals surface area contributed by atoms with Crippen molar-refractivity contribution in [3.05, 3.63) is 93.0 Å². The second-order valence-corrected chi connectivity index (χ2v) is 12.2. The van der Waals surface area contributed by atoms with E-state index in [-0.39, 0.29) is 54.9 Å². The number of hydrogen-bond donors (Lipinski definition) is 6. The van der Waals surface area contributed by atoms with Crippen molar-refractivity contribution in [3.63, 3.8) is 0 Å². The molecule has 0 saturated carbocycles. The van der Waals surface area contributed by atoms with Gasteiger partial charge in [-0.2, -0.15) is 0 Å². The van der Waals surface area contributed by atoms with E-state index in [0.717, 1.165) is 11.6 Å². The number of esters is 1. The first-order chi connectivity index (χ1) is 24.4. The van der Waals surface area contributed by atoms with Crippen molar-refractivity contribution in [1.29, 1.82) is 0 Å². The van der Waals surface area contributed by atoms with Crippen LogP contribution < -0.4 is 32.6 Å². The Morgan fingerprint density at radius 3 is 2.51 bits per heavy atom. The highest BCUT2D eigenvalue weighted by Gasteiger charge is 2.45. The van der Waals surface area contributed by atoms with Crippen LogP contribution in [0, 0.1) is 5.82 Å². The Labute approximate surface area is 289 Å². The van der Waals surface area contributed by atoms with Gasteiger partial charge in [-0.25, -0.2) is 14.2 Å². The van der Waals surface area contributed by atoms with E-state index in [0.29, 0.717) is 22.3 Å². The number of carbonyl (C=O) groups excluding carboxylic acids is 5. The molecule has 264 valence electrons. The molecule has 51 heavy (non-hydrogen) atoms. The average Bonchev–Trinajstić information content (AvgIpc) is 3.48. The summed E-state index contributed by atoms with van der Waals surface area (Å²) in [6.07, 6.45) is 0.0793. The number of aromatic nitrogens is 2. The maximum atomic E-state index is 15.3. The van der Waals surface area contributed by atoms with Crippen molar-refractivity contribution >= 4 is 46.2 Å². The van der Waals surface area contributed by atoms with Crippen LogP contribution in [0.5, 0.6) is 0 Å². The fourth-order valence-corrected chi connectivity index (χ4v) is 6.14. The van der Waals surface area contributed by atoms with Gasteiger partial charge in [-0.3, -0.25) is 24.0 Å². The summed E-state index contributed by atoms with van der Waals surface area (Å²) in [5.41, 5.74) is 5.31. The molecule has 2 atom stereocenters. The fourth-order valence-electron chi connectivity index (χ4n) is 6.14. The molecule has 0 aliphatic carbocycles. The van der Waals surface area contributed by atoms with Crippen molar-refractivity contribution in [3.8, 4) is 11.4 Å². The summed E-state index contributed by atoms with van der Waals surface area (Å²) < 4.78 is 21.9. The van der Waals surface area contributed by atoms with E-state index < -0.39 is 65.7 Å². The number of fused-ring (bicyclic) bond motifs is 5. The zero-order chi connectivity index (χ0) is 36.4. The smallest absolute Gasteiger partial charge is 0.343 e. The number of amides is 4. The highest BCUT2D eigenvalue weighted by molar-refractivity contribution is 5.98. The number of ether oxygens (including phenoxy) is 1. The minimum absolute atomic E-state index is 0.00946. The zero-order valence-electron chi connectivity index (χ0n) is 27.4. The summed E-state index contributed by atoms with van der Waals surface area (Å²) in [6, 6.07) is 13.5. The van der Waals surface area contributed by atoms with Gasteiger partial charge in [0.25, 0.3) is 5.56 Å². The molecule has 0 unspecified atom stereocenters. The molecule has 0 spiro atoms. The molecule has 7 N–H and O–H groups in total. The van der Waals surface area contributed by atoms with Gasteiger partial charge in [-0.05, 0) is 30.2 Å². The first kappa shape index (κ1) is 34.8. The molecule has 2 aliphatic rings. The fraction of sp³-hybridized carbons (Fsp3) is 0.286. The van der Waals surface area contributed by atoms with Crippen LogP contribution in [0.1, 0.15) is 35.6 Å². The van der Waals surface area contributed by atoms with E-state index >= 15 is 4.39 Å². The summed E-state index contributed by atoms with van der Waals surface area (Å²) in [5, 5.41) is 21.3. The Balaban J connectivity index is 1.17. The largest absolute Gasteiger partial charge is 0.458 e. The molecule has 4 heterocycles. The van der Waals surface area contributed by atoms with Crippen molar-refractivity contribution in [2.24, 2.45) is 5.73 Å². The SMILES string of the molecule is CC[C@@]1(O)C(=O)OCc2c1cc1n(c2=O)Cc2cc3cc(NC(=O)CNC(=O)[C@H](Cc4ccccc4)NC(=O)CNC(=O)CN)c(F)cc3nc2-1. The standard InChI is InChI=1S/C35H34FN7O8/c1-2-35(50)22-11-27-31-20(16-43(27)33(48)21(22)17-51-34(35)49)9-19-10-25(23(36)12-24(19)42-31)40-30(46)15-39-32(47)26(8-18-6-4-3-5-7-18)41-29(45)14-38-28(44)13-37/h3-7,9-12,26,50H,2,8,13-17,37H2,1H3,(H,38,44)(H,39,47)(H,40,46)(H,41,45)/t26-,35-/m0/s1. The van der Waals surface area contributed by atoms with E-state index in [9.17, 15) is 33.9 Å². The van der Waals surface area contributed by atoms with Crippen molar-refractivity contribution in [2.45, 2.75) is 44.6 Å². The number of rotatable bonds is 11. The second kappa shape index (κ2) is 14.1. The van der Waals surface area contributed by atoms with Crippen LogP contribution in [-0.2, 0) is 53.9 Å². The third-order valence-electron chi connectivity index (χ3n) is 8.86. The van der Waals surface area contributed by atoms with Gasteiger partial charge in [-0.1, -0.05) is 37.3 Å². The van der Waals surface area contributed by atoms with Gasteiger partial charge in [0, 0.05) is 29.0 Å². The van der Waals surface area contributed by atoms with E-state index in [1.807, 2.05) is 0 Å². The van der Waals surface area contributed by atoms with Gasteiger partial charge in [0.1, 0.15) is 18.5 Å². The molecule has 4 amide bonds. The number of aliphatic hydroxyl groups is 1. The molecule has 2 aliphatic heterocycles. The number of cyclic esters (lactones) is 1. The molecule has 2 aromatic carbocycles. The molecule has 2 aromatic heterocycles. The molecule has 15 nitrogen and oxygen atoms in total. The lowest BCUT2D eigenvalue weighted by molar-refractivity contribution is -0.172. The van der Waals surface area contributed by atoms with Crippen LogP contribution in [0.3, 0.4) is 0 Å². The number of anilines is 1. The molecular weight excluding hydrogens is 665 g/mol. The van der Waals surface area contributed by atoms with E-state index in [2.05, 4.69) is 26.3 Å². The molecular formula is C35H34FN7O8. The lowest BCUT2D eigenvalue weighted by Crippen LogP contribution is -2.51. The number of pyridine rings is 2. The quantitative estimate of drug-likeness (QED) is 0.102. The van der Waals surface area contributed by atoms with Crippen LogP contribution in [0.4, 0.5) is 10.1 Å². The lowest BCUT2D eigenvalue weighted by Gasteiger charge is -2.31. The Hall–Kier alpha value is -6.00. The average molecular weight is 700 g/mol. The van der Waals surface area contributed by atoms with Crippen LogP contribution >= 0.6 is 0 Å². The number of nitrogens with two attached hydrogens (primary N) is 1. The third kappa shape index (κ3) is 6.91. The normalized spacial score (nSPS) is 16.3. The summed E-state index contributed by atoms with van der Waals surface area (Å²) in [5.74, 6) is -4.28. The molecule has 0 fully saturated rings. The summed E-state index contributed by atoms with van der Waals surface area (Å²) in [4.78, 5) is 80.3. The topological polar surface area (TPSA) is 224 Å². The lowest BCUT2D eigenvalue weighted by atomic mass is 9.86. The number of halogens is 1. The highest BCUT2D eigenvalue weighted by Crippen LogP contribution is 2.39. The minimum Gasteiger partial charge on any atom is -0.458 e. The molecule has 0 bridgehead atoms. The van der Waals surface area contributed by atoms with Gasteiger partial charge >= 0.3 is 5.97 Å².